The van der Waals surface area contributed by atoms with Crippen molar-refractivity contribution < 1.29 is 4.39 Å². The van der Waals surface area contributed by atoms with Gasteiger partial charge in [-0.25, -0.2) is 4.39 Å². The highest BCUT2D eigenvalue weighted by molar-refractivity contribution is 5.27. The molecule has 0 aliphatic rings. The molecule has 0 bridgehead atoms. The Bertz CT molecular complexity index is 554. The van der Waals surface area contributed by atoms with Crippen molar-refractivity contribution in [3.05, 3.63) is 71.0 Å². The zero-order valence-corrected chi connectivity index (χ0v) is 11.8. The van der Waals surface area contributed by atoms with Crippen LogP contribution in [0, 0.1) is 5.82 Å². The molecule has 20 heavy (non-hydrogen) atoms. The van der Waals surface area contributed by atoms with Gasteiger partial charge in [0.2, 0.25) is 0 Å². The van der Waals surface area contributed by atoms with E-state index in [2.05, 4.69) is 24.1 Å². The van der Waals surface area contributed by atoms with Crippen LogP contribution in [0.15, 0.2) is 48.5 Å². The van der Waals surface area contributed by atoms with Crippen molar-refractivity contribution in [3.8, 4) is 0 Å². The standard InChI is InChI=1S/C17H21FN2/c1-20(13-14-5-4-8-17(18)11-14)10-9-15-6-2-3-7-16(15)12-19/h2-8,11H,9-10,12-13,19H2,1H3. The molecule has 0 aliphatic heterocycles. The number of rotatable bonds is 6. The maximum absolute atomic E-state index is 13.1. The predicted octanol–water partition coefficient (Wildman–Crippen LogP) is 2.96. The second-order valence-electron chi connectivity index (χ2n) is 5.09. The van der Waals surface area contributed by atoms with E-state index in [0.717, 1.165) is 25.1 Å². The highest BCUT2D eigenvalue weighted by Crippen LogP contribution is 2.11. The highest BCUT2D eigenvalue weighted by atomic mass is 19.1. The fraction of sp³-hybridized carbons (Fsp3) is 0.294. The van der Waals surface area contributed by atoms with E-state index < -0.39 is 0 Å². The molecule has 0 heterocycles. The van der Waals surface area contributed by atoms with Gasteiger partial charge in [-0.1, -0.05) is 36.4 Å². The van der Waals surface area contributed by atoms with E-state index in [-0.39, 0.29) is 5.82 Å². The fourth-order valence-electron chi connectivity index (χ4n) is 2.34. The quantitative estimate of drug-likeness (QED) is 0.876. The van der Waals surface area contributed by atoms with E-state index in [1.54, 1.807) is 12.1 Å². The summed E-state index contributed by atoms with van der Waals surface area (Å²) in [5.74, 6) is -0.177. The van der Waals surface area contributed by atoms with E-state index in [4.69, 9.17) is 5.73 Å². The van der Waals surface area contributed by atoms with Crippen LogP contribution < -0.4 is 5.73 Å². The zero-order valence-electron chi connectivity index (χ0n) is 11.8. The van der Waals surface area contributed by atoms with E-state index >= 15 is 0 Å². The van der Waals surface area contributed by atoms with Crippen LogP contribution in [0.3, 0.4) is 0 Å². The summed E-state index contributed by atoms with van der Waals surface area (Å²) in [6.45, 7) is 2.25. The van der Waals surface area contributed by atoms with Crippen molar-refractivity contribution in [2.45, 2.75) is 19.5 Å². The third-order valence-electron chi connectivity index (χ3n) is 3.44. The fourth-order valence-corrected chi connectivity index (χ4v) is 2.34. The van der Waals surface area contributed by atoms with Gasteiger partial charge in [0.1, 0.15) is 5.82 Å². The number of nitrogens with two attached hydrogens (primary N) is 1. The summed E-state index contributed by atoms with van der Waals surface area (Å²) in [6, 6.07) is 15.0. The SMILES string of the molecule is CN(CCc1ccccc1CN)Cc1cccc(F)c1. The Morgan fingerprint density at radius 1 is 1.05 bits per heavy atom. The lowest BCUT2D eigenvalue weighted by Gasteiger charge is -2.17. The second-order valence-corrected chi connectivity index (χ2v) is 5.09. The van der Waals surface area contributed by atoms with Crippen LogP contribution in [0.5, 0.6) is 0 Å². The minimum Gasteiger partial charge on any atom is -0.326 e. The molecule has 2 aromatic carbocycles. The lowest BCUT2D eigenvalue weighted by atomic mass is 10.0. The minimum atomic E-state index is -0.177. The molecule has 0 spiro atoms. The van der Waals surface area contributed by atoms with Crippen molar-refractivity contribution >= 4 is 0 Å². The number of halogens is 1. The van der Waals surface area contributed by atoms with Crippen LogP contribution in [0.25, 0.3) is 0 Å². The lowest BCUT2D eigenvalue weighted by Crippen LogP contribution is -2.21. The van der Waals surface area contributed by atoms with Crippen LogP contribution in [0.2, 0.25) is 0 Å². The van der Waals surface area contributed by atoms with Crippen molar-refractivity contribution in [1.29, 1.82) is 0 Å². The Morgan fingerprint density at radius 3 is 2.50 bits per heavy atom. The molecular formula is C17H21FN2. The molecule has 0 unspecified atom stereocenters. The van der Waals surface area contributed by atoms with Crippen molar-refractivity contribution in [3.63, 3.8) is 0 Å². The summed E-state index contributed by atoms with van der Waals surface area (Å²) in [7, 11) is 2.05. The van der Waals surface area contributed by atoms with Crippen molar-refractivity contribution in [1.82, 2.24) is 4.90 Å². The predicted molar refractivity (Wildman–Crippen MR) is 80.8 cm³/mol. The first-order valence-electron chi connectivity index (χ1n) is 6.89. The van der Waals surface area contributed by atoms with Gasteiger partial charge < -0.3 is 10.6 Å². The van der Waals surface area contributed by atoms with Crippen molar-refractivity contribution in [2.24, 2.45) is 5.73 Å². The Kier molecular flexibility index (Phi) is 5.27. The van der Waals surface area contributed by atoms with Crippen LogP contribution in [0.4, 0.5) is 4.39 Å². The summed E-state index contributed by atoms with van der Waals surface area (Å²) in [6.07, 6.45) is 0.958. The Labute approximate surface area is 120 Å². The van der Waals surface area contributed by atoms with E-state index in [1.165, 1.54) is 17.2 Å². The van der Waals surface area contributed by atoms with E-state index in [1.807, 2.05) is 18.2 Å². The van der Waals surface area contributed by atoms with Crippen LogP contribution in [-0.2, 0) is 19.5 Å². The summed E-state index contributed by atoms with van der Waals surface area (Å²) in [5, 5.41) is 0. The summed E-state index contributed by atoms with van der Waals surface area (Å²) >= 11 is 0. The van der Waals surface area contributed by atoms with Gasteiger partial charge >= 0.3 is 0 Å². The normalized spacial score (nSPS) is 11.0. The van der Waals surface area contributed by atoms with Gasteiger partial charge in [0.25, 0.3) is 0 Å². The number of likely N-dealkylation sites (N-methyl/N-ethyl adjacent to an activating group) is 1. The summed E-state index contributed by atoms with van der Waals surface area (Å²) < 4.78 is 13.1. The first-order chi connectivity index (χ1) is 9.69. The maximum atomic E-state index is 13.1. The first kappa shape index (κ1) is 14.7. The number of nitrogens with zero attached hydrogens (tertiary/aromatic N) is 1. The third kappa shape index (κ3) is 4.15. The average Bonchev–Trinajstić information content (AvgIpc) is 2.45. The maximum Gasteiger partial charge on any atom is 0.123 e. The molecule has 2 rings (SSSR count). The van der Waals surface area contributed by atoms with Crippen LogP contribution in [-0.4, -0.2) is 18.5 Å². The Hall–Kier alpha value is -1.71. The van der Waals surface area contributed by atoms with E-state index in [0.29, 0.717) is 6.54 Å². The molecule has 0 atom stereocenters. The summed E-state index contributed by atoms with van der Waals surface area (Å²) in [5.41, 5.74) is 9.23. The molecule has 3 heteroatoms. The van der Waals surface area contributed by atoms with Crippen molar-refractivity contribution in [2.75, 3.05) is 13.6 Å². The number of hydrogen-bond acceptors (Lipinski definition) is 2. The minimum absolute atomic E-state index is 0.177. The van der Waals surface area contributed by atoms with Gasteiger partial charge in [-0.15, -0.1) is 0 Å². The Morgan fingerprint density at radius 2 is 1.80 bits per heavy atom. The van der Waals surface area contributed by atoms with Gasteiger partial charge in [0.05, 0.1) is 0 Å². The summed E-state index contributed by atoms with van der Waals surface area (Å²) in [4.78, 5) is 2.20. The number of benzene rings is 2. The smallest absolute Gasteiger partial charge is 0.123 e. The third-order valence-corrected chi connectivity index (χ3v) is 3.44. The molecule has 0 aliphatic carbocycles. The van der Waals surface area contributed by atoms with Gasteiger partial charge in [0, 0.05) is 19.6 Å². The van der Waals surface area contributed by atoms with Gasteiger partial charge in [-0.2, -0.15) is 0 Å². The zero-order chi connectivity index (χ0) is 14.4. The monoisotopic (exact) mass is 272 g/mol. The molecule has 106 valence electrons. The number of hydrogen-bond donors (Lipinski definition) is 1. The van der Waals surface area contributed by atoms with Crippen LogP contribution in [0.1, 0.15) is 16.7 Å². The molecule has 0 fully saturated rings. The highest BCUT2D eigenvalue weighted by Gasteiger charge is 2.04. The molecule has 2 N–H and O–H groups in total. The molecule has 0 radical (unpaired) electrons. The van der Waals surface area contributed by atoms with Gasteiger partial charge in [0.15, 0.2) is 0 Å². The van der Waals surface area contributed by atoms with Gasteiger partial charge in [-0.05, 0) is 42.3 Å². The van der Waals surface area contributed by atoms with E-state index in [9.17, 15) is 4.39 Å². The first-order valence-corrected chi connectivity index (χ1v) is 6.89. The molecule has 2 aromatic rings. The molecular weight excluding hydrogens is 251 g/mol. The molecule has 0 saturated heterocycles. The lowest BCUT2D eigenvalue weighted by molar-refractivity contribution is 0.330. The second kappa shape index (κ2) is 7.17. The largest absolute Gasteiger partial charge is 0.326 e. The molecule has 0 aromatic heterocycles. The molecule has 0 saturated carbocycles. The van der Waals surface area contributed by atoms with Crippen LogP contribution >= 0.6 is 0 Å². The molecule has 0 amide bonds. The Balaban J connectivity index is 1.90. The topological polar surface area (TPSA) is 29.3 Å². The van der Waals surface area contributed by atoms with Gasteiger partial charge in [-0.3, -0.25) is 0 Å². The molecule has 2 nitrogen and oxygen atoms in total. The average molecular weight is 272 g/mol.